The van der Waals surface area contributed by atoms with Crippen molar-refractivity contribution < 1.29 is 18.0 Å². The molecule has 1 amide bonds. The second-order valence-electron chi connectivity index (χ2n) is 5.53. The molecule has 0 radical (unpaired) electrons. The standard InChI is InChI=1S/C13H21F3N2O/c14-13(15,16)11-4-1-3-10(9-11)12(19)18-7-2-5-17-6-8-18/h10-11,17H,1-9H2. The van der Waals surface area contributed by atoms with Crippen molar-refractivity contribution in [1.82, 2.24) is 10.2 Å². The van der Waals surface area contributed by atoms with Crippen LogP contribution >= 0.6 is 0 Å². The smallest absolute Gasteiger partial charge is 0.341 e. The Kier molecular flexibility index (Phi) is 4.71. The highest BCUT2D eigenvalue weighted by Gasteiger charge is 2.44. The van der Waals surface area contributed by atoms with Crippen molar-refractivity contribution in [2.24, 2.45) is 11.8 Å². The van der Waals surface area contributed by atoms with E-state index in [4.69, 9.17) is 0 Å². The Hall–Kier alpha value is -0.780. The first-order valence-electron chi connectivity index (χ1n) is 7.04. The van der Waals surface area contributed by atoms with E-state index in [9.17, 15) is 18.0 Å². The highest BCUT2D eigenvalue weighted by molar-refractivity contribution is 5.79. The molecular weight excluding hydrogens is 257 g/mol. The highest BCUT2D eigenvalue weighted by atomic mass is 19.4. The first-order chi connectivity index (χ1) is 8.98. The Labute approximate surface area is 111 Å². The molecule has 2 aliphatic rings. The zero-order valence-corrected chi connectivity index (χ0v) is 11.0. The molecule has 2 atom stereocenters. The largest absolute Gasteiger partial charge is 0.391 e. The van der Waals surface area contributed by atoms with E-state index in [0.717, 1.165) is 19.5 Å². The molecule has 0 aromatic rings. The van der Waals surface area contributed by atoms with Crippen LogP contribution in [0.2, 0.25) is 0 Å². The Bertz CT molecular complexity index is 312. The molecule has 2 rings (SSSR count). The quantitative estimate of drug-likeness (QED) is 0.797. The van der Waals surface area contributed by atoms with Gasteiger partial charge in [-0.25, -0.2) is 0 Å². The molecule has 0 spiro atoms. The van der Waals surface area contributed by atoms with Crippen LogP contribution in [-0.2, 0) is 4.79 Å². The third kappa shape index (κ3) is 3.84. The van der Waals surface area contributed by atoms with E-state index in [1.165, 1.54) is 0 Å². The molecule has 1 aliphatic carbocycles. The maximum absolute atomic E-state index is 12.8. The molecule has 6 heteroatoms. The van der Waals surface area contributed by atoms with Crippen molar-refractivity contribution in [3.63, 3.8) is 0 Å². The lowest BCUT2D eigenvalue weighted by molar-refractivity contribution is -0.187. The van der Waals surface area contributed by atoms with Crippen LogP contribution in [0.4, 0.5) is 13.2 Å². The van der Waals surface area contributed by atoms with E-state index >= 15 is 0 Å². The minimum absolute atomic E-state index is 0.0216. The first kappa shape index (κ1) is 14.6. The Balaban J connectivity index is 1.94. The summed E-state index contributed by atoms with van der Waals surface area (Å²) in [4.78, 5) is 14.0. The zero-order chi connectivity index (χ0) is 13.9. The number of amides is 1. The fourth-order valence-corrected chi connectivity index (χ4v) is 3.04. The molecule has 2 unspecified atom stereocenters. The molecule has 1 saturated heterocycles. The lowest BCUT2D eigenvalue weighted by Gasteiger charge is -2.33. The molecule has 1 saturated carbocycles. The number of carbonyl (C=O) groups is 1. The van der Waals surface area contributed by atoms with Gasteiger partial charge in [0.15, 0.2) is 0 Å². The van der Waals surface area contributed by atoms with E-state index in [-0.39, 0.29) is 18.7 Å². The number of hydrogen-bond donors (Lipinski definition) is 1. The van der Waals surface area contributed by atoms with Gasteiger partial charge in [-0.2, -0.15) is 13.2 Å². The van der Waals surface area contributed by atoms with Gasteiger partial charge in [0.1, 0.15) is 0 Å². The third-order valence-electron chi connectivity index (χ3n) is 4.14. The number of carbonyl (C=O) groups excluding carboxylic acids is 1. The maximum atomic E-state index is 12.8. The SMILES string of the molecule is O=C(C1CCCC(C(F)(F)F)C1)N1CCCNCC1. The summed E-state index contributed by atoms with van der Waals surface area (Å²) in [6.07, 6.45) is -2.01. The lowest BCUT2D eigenvalue weighted by atomic mass is 9.80. The van der Waals surface area contributed by atoms with E-state index in [1.807, 2.05) is 0 Å². The predicted molar refractivity (Wildman–Crippen MR) is 65.6 cm³/mol. The normalized spacial score (nSPS) is 29.9. The molecule has 1 aliphatic heterocycles. The topological polar surface area (TPSA) is 32.3 Å². The van der Waals surface area contributed by atoms with E-state index in [1.54, 1.807) is 4.90 Å². The number of hydrogen-bond acceptors (Lipinski definition) is 2. The van der Waals surface area contributed by atoms with Crippen molar-refractivity contribution in [2.75, 3.05) is 26.2 Å². The third-order valence-corrected chi connectivity index (χ3v) is 4.14. The molecule has 1 heterocycles. The second-order valence-corrected chi connectivity index (χ2v) is 5.53. The van der Waals surface area contributed by atoms with Crippen LogP contribution in [-0.4, -0.2) is 43.2 Å². The van der Waals surface area contributed by atoms with Crippen LogP contribution in [0.1, 0.15) is 32.1 Å². The van der Waals surface area contributed by atoms with Crippen LogP contribution in [0, 0.1) is 11.8 Å². The summed E-state index contributed by atoms with van der Waals surface area (Å²) in [5.74, 6) is -1.79. The first-order valence-corrected chi connectivity index (χ1v) is 7.04. The number of alkyl halides is 3. The molecule has 110 valence electrons. The van der Waals surface area contributed by atoms with E-state index in [0.29, 0.717) is 25.9 Å². The minimum atomic E-state index is -4.15. The number of nitrogens with one attached hydrogen (secondary N) is 1. The fraction of sp³-hybridized carbons (Fsp3) is 0.923. The molecule has 19 heavy (non-hydrogen) atoms. The van der Waals surface area contributed by atoms with Crippen LogP contribution < -0.4 is 5.32 Å². The van der Waals surface area contributed by atoms with Gasteiger partial charge in [-0.1, -0.05) is 6.42 Å². The molecule has 0 aromatic carbocycles. The van der Waals surface area contributed by atoms with Gasteiger partial charge in [-0.05, 0) is 32.2 Å². The molecular formula is C13H21F3N2O. The molecule has 0 bridgehead atoms. The predicted octanol–water partition coefficient (Wildman–Crippen LogP) is 2.18. The van der Waals surface area contributed by atoms with Crippen molar-refractivity contribution >= 4 is 5.91 Å². The average Bonchev–Trinajstić information content (AvgIpc) is 2.66. The monoisotopic (exact) mass is 278 g/mol. The summed E-state index contributed by atoms with van der Waals surface area (Å²) in [5, 5.41) is 3.19. The Morgan fingerprint density at radius 3 is 2.63 bits per heavy atom. The molecule has 2 fully saturated rings. The number of nitrogens with zero attached hydrogens (tertiary/aromatic N) is 1. The second kappa shape index (κ2) is 6.11. The summed E-state index contributed by atoms with van der Waals surface area (Å²) < 4.78 is 38.3. The van der Waals surface area contributed by atoms with E-state index < -0.39 is 18.0 Å². The van der Waals surface area contributed by atoms with Crippen molar-refractivity contribution in [3.05, 3.63) is 0 Å². The summed E-state index contributed by atoms with van der Waals surface area (Å²) in [5.41, 5.74) is 0. The lowest BCUT2D eigenvalue weighted by Crippen LogP contribution is -2.41. The van der Waals surface area contributed by atoms with Gasteiger partial charge < -0.3 is 10.2 Å². The van der Waals surface area contributed by atoms with Crippen LogP contribution in [0.5, 0.6) is 0 Å². The summed E-state index contributed by atoms with van der Waals surface area (Å²) in [6.45, 7) is 2.89. The van der Waals surface area contributed by atoms with Gasteiger partial charge in [0, 0.05) is 25.6 Å². The van der Waals surface area contributed by atoms with Gasteiger partial charge in [0.2, 0.25) is 5.91 Å². The van der Waals surface area contributed by atoms with Crippen LogP contribution in [0.15, 0.2) is 0 Å². The van der Waals surface area contributed by atoms with Gasteiger partial charge >= 0.3 is 6.18 Å². The minimum Gasteiger partial charge on any atom is -0.341 e. The number of rotatable bonds is 1. The summed E-state index contributed by atoms with van der Waals surface area (Å²) in [7, 11) is 0. The van der Waals surface area contributed by atoms with Gasteiger partial charge in [-0.15, -0.1) is 0 Å². The number of halogens is 3. The van der Waals surface area contributed by atoms with Crippen LogP contribution in [0.3, 0.4) is 0 Å². The van der Waals surface area contributed by atoms with Gasteiger partial charge in [0.25, 0.3) is 0 Å². The highest BCUT2D eigenvalue weighted by Crippen LogP contribution is 2.40. The summed E-state index contributed by atoms with van der Waals surface area (Å²) >= 11 is 0. The van der Waals surface area contributed by atoms with Crippen molar-refractivity contribution in [1.29, 1.82) is 0 Å². The Morgan fingerprint density at radius 1 is 1.11 bits per heavy atom. The zero-order valence-electron chi connectivity index (χ0n) is 11.0. The van der Waals surface area contributed by atoms with Crippen LogP contribution in [0.25, 0.3) is 0 Å². The van der Waals surface area contributed by atoms with Crippen molar-refractivity contribution in [2.45, 2.75) is 38.3 Å². The summed E-state index contributed by atoms with van der Waals surface area (Å²) in [6, 6.07) is 0. The molecule has 3 nitrogen and oxygen atoms in total. The molecule has 1 N–H and O–H groups in total. The molecule has 0 aromatic heterocycles. The average molecular weight is 278 g/mol. The van der Waals surface area contributed by atoms with E-state index in [2.05, 4.69) is 5.32 Å². The van der Waals surface area contributed by atoms with Crippen molar-refractivity contribution in [3.8, 4) is 0 Å². The van der Waals surface area contributed by atoms with Gasteiger partial charge in [0.05, 0.1) is 5.92 Å². The maximum Gasteiger partial charge on any atom is 0.391 e. The fourth-order valence-electron chi connectivity index (χ4n) is 3.04. The van der Waals surface area contributed by atoms with Gasteiger partial charge in [-0.3, -0.25) is 4.79 Å². The Morgan fingerprint density at radius 2 is 1.89 bits per heavy atom.